The molecule has 15 heavy (non-hydrogen) atoms. The summed E-state index contributed by atoms with van der Waals surface area (Å²) in [4.78, 5) is 0. The lowest BCUT2D eigenvalue weighted by molar-refractivity contribution is -0.269. The van der Waals surface area contributed by atoms with Gasteiger partial charge in [0.25, 0.3) is 0 Å². The summed E-state index contributed by atoms with van der Waals surface area (Å²) in [6.07, 6.45) is 0.938. The molecule has 1 fully saturated rings. The summed E-state index contributed by atoms with van der Waals surface area (Å²) < 4.78 is 11.4. The molecule has 1 aliphatic rings. The number of ether oxygens (including phenoxy) is 2. The Bertz CT molecular complexity index is 332. The normalized spacial score (nSPS) is 20.1. The van der Waals surface area contributed by atoms with E-state index in [4.69, 9.17) is 15.2 Å². The van der Waals surface area contributed by atoms with Crippen LogP contribution >= 0.6 is 0 Å². The van der Waals surface area contributed by atoms with E-state index in [1.807, 2.05) is 12.1 Å². The van der Waals surface area contributed by atoms with Crippen LogP contribution in [0.3, 0.4) is 0 Å². The van der Waals surface area contributed by atoms with E-state index in [0.717, 1.165) is 12.0 Å². The van der Waals surface area contributed by atoms with E-state index in [9.17, 15) is 0 Å². The van der Waals surface area contributed by atoms with Crippen LogP contribution in [-0.2, 0) is 15.3 Å². The van der Waals surface area contributed by atoms with Crippen molar-refractivity contribution in [3.63, 3.8) is 0 Å². The molecule has 1 heterocycles. The molecule has 0 amide bonds. The van der Waals surface area contributed by atoms with E-state index in [-0.39, 0.29) is 0 Å². The van der Waals surface area contributed by atoms with Gasteiger partial charge in [0.15, 0.2) is 0 Å². The zero-order valence-corrected chi connectivity index (χ0v) is 9.03. The Morgan fingerprint density at radius 3 is 2.67 bits per heavy atom. The molecule has 0 aromatic heterocycles. The van der Waals surface area contributed by atoms with Crippen LogP contribution in [0.5, 0.6) is 0 Å². The summed E-state index contributed by atoms with van der Waals surface area (Å²) in [5, 5.41) is 0. The van der Waals surface area contributed by atoms with E-state index in [2.05, 4.69) is 19.1 Å². The van der Waals surface area contributed by atoms with Gasteiger partial charge in [0.05, 0.1) is 19.8 Å². The van der Waals surface area contributed by atoms with Crippen molar-refractivity contribution in [2.75, 3.05) is 19.8 Å². The number of rotatable bonds is 2. The zero-order chi connectivity index (χ0) is 10.7. The molecule has 1 aromatic carbocycles. The molecular weight excluding hydrogens is 190 g/mol. The Kier molecular flexibility index (Phi) is 3.05. The largest absolute Gasteiger partial charge is 0.345 e. The lowest BCUT2D eigenvalue weighted by Gasteiger charge is -2.36. The summed E-state index contributed by atoms with van der Waals surface area (Å²) in [6.45, 7) is 3.84. The summed E-state index contributed by atoms with van der Waals surface area (Å²) >= 11 is 0. The maximum Gasteiger partial charge on any atom is 0.207 e. The highest BCUT2D eigenvalue weighted by molar-refractivity contribution is 5.26. The first-order chi connectivity index (χ1) is 7.27. The number of hydrogen-bond donors (Lipinski definition) is 1. The molecule has 2 N–H and O–H groups in total. The lowest BCUT2D eigenvalue weighted by Crippen LogP contribution is -2.44. The highest BCUT2D eigenvalue weighted by Gasteiger charge is 2.35. The predicted molar refractivity (Wildman–Crippen MR) is 58.4 cm³/mol. The average molecular weight is 207 g/mol. The quantitative estimate of drug-likeness (QED) is 0.800. The number of benzene rings is 1. The van der Waals surface area contributed by atoms with Crippen molar-refractivity contribution in [1.29, 1.82) is 0 Å². The van der Waals surface area contributed by atoms with Gasteiger partial charge in [0.2, 0.25) is 5.79 Å². The standard InChI is InChI=1S/C12H17NO2/c1-10-4-2-5-11(8-10)12(9-13)14-6-3-7-15-12/h2,4-5,8H,3,6-7,9,13H2,1H3. The van der Waals surface area contributed by atoms with Gasteiger partial charge in [-0.2, -0.15) is 0 Å². The molecule has 0 saturated carbocycles. The van der Waals surface area contributed by atoms with Crippen molar-refractivity contribution in [3.8, 4) is 0 Å². The average Bonchev–Trinajstić information content (AvgIpc) is 2.30. The molecule has 0 unspecified atom stereocenters. The topological polar surface area (TPSA) is 44.5 Å². The lowest BCUT2D eigenvalue weighted by atomic mass is 10.0. The Hall–Kier alpha value is -0.900. The third-order valence-corrected chi connectivity index (χ3v) is 2.69. The van der Waals surface area contributed by atoms with Crippen molar-refractivity contribution in [2.45, 2.75) is 19.1 Å². The first-order valence-electron chi connectivity index (χ1n) is 5.32. The smallest absolute Gasteiger partial charge is 0.207 e. The molecule has 0 atom stereocenters. The fraction of sp³-hybridized carbons (Fsp3) is 0.500. The van der Waals surface area contributed by atoms with E-state index < -0.39 is 5.79 Å². The minimum Gasteiger partial charge on any atom is -0.345 e. The SMILES string of the molecule is Cc1cccc(C2(CN)OCCCO2)c1. The van der Waals surface area contributed by atoms with Crippen LogP contribution in [0.25, 0.3) is 0 Å². The van der Waals surface area contributed by atoms with Gasteiger partial charge in [-0.25, -0.2) is 0 Å². The monoisotopic (exact) mass is 207 g/mol. The van der Waals surface area contributed by atoms with Crippen molar-refractivity contribution in [3.05, 3.63) is 35.4 Å². The molecular formula is C12H17NO2. The molecule has 0 spiro atoms. The summed E-state index contributed by atoms with van der Waals surface area (Å²) in [6, 6.07) is 8.13. The molecule has 1 aliphatic heterocycles. The summed E-state index contributed by atoms with van der Waals surface area (Å²) in [5.74, 6) is -0.718. The number of nitrogens with two attached hydrogens (primary N) is 1. The second kappa shape index (κ2) is 4.31. The van der Waals surface area contributed by atoms with Crippen molar-refractivity contribution < 1.29 is 9.47 Å². The van der Waals surface area contributed by atoms with Crippen LogP contribution in [0, 0.1) is 6.92 Å². The van der Waals surface area contributed by atoms with Crippen molar-refractivity contribution >= 4 is 0 Å². The second-order valence-corrected chi connectivity index (χ2v) is 3.88. The van der Waals surface area contributed by atoms with Gasteiger partial charge in [0, 0.05) is 5.56 Å². The summed E-state index contributed by atoms with van der Waals surface area (Å²) in [5.41, 5.74) is 7.98. The van der Waals surface area contributed by atoms with Gasteiger partial charge in [0.1, 0.15) is 0 Å². The fourth-order valence-corrected chi connectivity index (χ4v) is 1.86. The Balaban J connectivity index is 2.32. The van der Waals surface area contributed by atoms with Gasteiger partial charge in [-0.15, -0.1) is 0 Å². The van der Waals surface area contributed by atoms with E-state index >= 15 is 0 Å². The minimum absolute atomic E-state index is 0.358. The fourth-order valence-electron chi connectivity index (χ4n) is 1.86. The van der Waals surface area contributed by atoms with E-state index in [1.54, 1.807) is 0 Å². The van der Waals surface area contributed by atoms with Crippen LogP contribution in [0.4, 0.5) is 0 Å². The van der Waals surface area contributed by atoms with Crippen LogP contribution in [0.1, 0.15) is 17.5 Å². The predicted octanol–water partition coefficient (Wildman–Crippen LogP) is 1.54. The molecule has 3 nitrogen and oxygen atoms in total. The van der Waals surface area contributed by atoms with Crippen LogP contribution in [0.2, 0.25) is 0 Å². The van der Waals surface area contributed by atoms with Crippen molar-refractivity contribution in [2.24, 2.45) is 5.73 Å². The van der Waals surface area contributed by atoms with Gasteiger partial charge < -0.3 is 15.2 Å². The minimum atomic E-state index is -0.718. The van der Waals surface area contributed by atoms with Gasteiger partial charge in [-0.05, 0) is 13.3 Å². The van der Waals surface area contributed by atoms with Crippen LogP contribution < -0.4 is 5.73 Å². The maximum absolute atomic E-state index is 5.77. The van der Waals surface area contributed by atoms with Gasteiger partial charge in [-0.1, -0.05) is 29.8 Å². The third kappa shape index (κ3) is 2.04. The molecule has 2 rings (SSSR count). The van der Waals surface area contributed by atoms with Gasteiger partial charge in [-0.3, -0.25) is 0 Å². The maximum atomic E-state index is 5.77. The molecule has 1 aromatic rings. The first-order valence-corrected chi connectivity index (χ1v) is 5.32. The Morgan fingerprint density at radius 1 is 1.33 bits per heavy atom. The Labute approximate surface area is 90.2 Å². The third-order valence-electron chi connectivity index (χ3n) is 2.69. The molecule has 0 aliphatic carbocycles. The van der Waals surface area contributed by atoms with Crippen LogP contribution in [-0.4, -0.2) is 19.8 Å². The molecule has 0 radical (unpaired) electrons. The molecule has 3 heteroatoms. The summed E-state index contributed by atoms with van der Waals surface area (Å²) in [7, 11) is 0. The number of hydrogen-bond acceptors (Lipinski definition) is 3. The zero-order valence-electron chi connectivity index (χ0n) is 9.03. The Morgan fingerprint density at radius 2 is 2.07 bits per heavy atom. The molecule has 1 saturated heterocycles. The van der Waals surface area contributed by atoms with Crippen LogP contribution in [0.15, 0.2) is 24.3 Å². The van der Waals surface area contributed by atoms with Crippen molar-refractivity contribution in [1.82, 2.24) is 0 Å². The number of aryl methyl sites for hydroxylation is 1. The second-order valence-electron chi connectivity index (χ2n) is 3.88. The highest BCUT2D eigenvalue weighted by Crippen LogP contribution is 2.30. The van der Waals surface area contributed by atoms with E-state index in [0.29, 0.717) is 19.8 Å². The first kappa shape index (κ1) is 10.6. The molecule has 82 valence electrons. The van der Waals surface area contributed by atoms with Gasteiger partial charge >= 0.3 is 0 Å². The van der Waals surface area contributed by atoms with E-state index in [1.165, 1.54) is 5.56 Å². The molecule has 0 bridgehead atoms. The highest BCUT2D eigenvalue weighted by atomic mass is 16.7.